The van der Waals surface area contributed by atoms with E-state index in [1.165, 1.54) is 0 Å². The number of ether oxygens (including phenoxy) is 1. The molecule has 0 saturated heterocycles. The lowest BCUT2D eigenvalue weighted by Crippen LogP contribution is -2.42. The zero-order valence-electron chi connectivity index (χ0n) is 9.21. The van der Waals surface area contributed by atoms with E-state index in [0.717, 1.165) is 0 Å². The minimum atomic E-state index is -0.662. The number of rotatable bonds is 6. The van der Waals surface area contributed by atoms with Crippen molar-refractivity contribution in [2.24, 2.45) is 5.73 Å². The van der Waals surface area contributed by atoms with Gasteiger partial charge in [-0.3, -0.25) is 9.59 Å². The molecule has 0 aliphatic rings. The third kappa shape index (κ3) is 7.90. The van der Waals surface area contributed by atoms with Gasteiger partial charge in [-0.15, -0.1) is 0 Å². The molecule has 0 aromatic carbocycles. The summed E-state index contributed by atoms with van der Waals surface area (Å²) in [6.45, 7) is 5.14. The maximum absolute atomic E-state index is 11.1. The van der Waals surface area contributed by atoms with Gasteiger partial charge in [-0.25, -0.2) is 0 Å². The highest BCUT2D eigenvalue weighted by atomic mass is 16.5. The van der Waals surface area contributed by atoms with Crippen LogP contribution in [0.15, 0.2) is 0 Å². The molecule has 0 aromatic rings. The highest BCUT2D eigenvalue weighted by Gasteiger charge is 2.10. The molecule has 0 aromatic heterocycles. The molecule has 0 rings (SSSR count). The van der Waals surface area contributed by atoms with Crippen molar-refractivity contribution in [3.63, 3.8) is 0 Å². The van der Waals surface area contributed by atoms with Gasteiger partial charge in [0.15, 0.2) is 0 Å². The van der Waals surface area contributed by atoms with Crippen LogP contribution in [0.5, 0.6) is 0 Å². The number of hydrogen-bond acceptors (Lipinski definition) is 4. The molecule has 2 amide bonds. The van der Waals surface area contributed by atoms with Crippen molar-refractivity contribution < 1.29 is 14.3 Å². The molecule has 0 bridgehead atoms. The molecule has 0 atom stereocenters. The fraction of sp³-hybridized carbons (Fsp3) is 0.778. The predicted octanol–water partition coefficient (Wildman–Crippen LogP) is -1.40. The molecule has 0 aliphatic heterocycles. The van der Waals surface area contributed by atoms with Gasteiger partial charge in [-0.05, 0) is 13.8 Å². The summed E-state index contributed by atoms with van der Waals surface area (Å²) in [6.07, 6.45) is 0.118. The fourth-order valence-electron chi connectivity index (χ4n) is 0.805. The van der Waals surface area contributed by atoms with Crippen molar-refractivity contribution in [2.45, 2.75) is 20.0 Å². The molecule has 0 heterocycles. The van der Waals surface area contributed by atoms with E-state index in [0.29, 0.717) is 26.2 Å². The third-order valence-corrected chi connectivity index (χ3v) is 1.47. The average molecular weight is 217 g/mol. The monoisotopic (exact) mass is 217 g/mol. The van der Waals surface area contributed by atoms with Gasteiger partial charge in [-0.2, -0.15) is 0 Å². The van der Waals surface area contributed by atoms with Crippen molar-refractivity contribution in [2.75, 3.05) is 26.2 Å². The van der Waals surface area contributed by atoms with Gasteiger partial charge in [0.1, 0.15) is 0 Å². The highest BCUT2D eigenvalue weighted by molar-refractivity contribution is 6.35. The van der Waals surface area contributed by atoms with Crippen molar-refractivity contribution in [3.05, 3.63) is 0 Å². The van der Waals surface area contributed by atoms with Crippen LogP contribution in [0.25, 0.3) is 0 Å². The van der Waals surface area contributed by atoms with Crippen LogP contribution in [0.3, 0.4) is 0 Å². The summed E-state index contributed by atoms with van der Waals surface area (Å²) in [4.78, 5) is 22.1. The van der Waals surface area contributed by atoms with Crippen molar-refractivity contribution in [1.29, 1.82) is 0 Å². The van der Waals surface area contributed by atoms with Gasteiger partial charge in [0.05, 0.1) is 12.7 Å². The predicted molar refractivity (Wildman–Crippen MR) is 56.2 cm³/mol. The second-order valence-corrected chi connectivity index (χ2v) is 3.22. The Morgan fingerprint density at radius 2 is 1.73 bits per heavy atom. The quantitative estimate of drug-likeness (QED) is 0.377. The topological polar surface area (TPSA) is 93.4 Å². The molecule has 15 heavy (non-hydrogen) atoms. The van der Waals surface area contributed by atoms with Crippen molar-refractivity contribution >= 4 is 11.8 Å². The first-order valence-electron chi connectivity index (χ1n) is 4.95. The molecule has 0 saturated carbocycles. The lowest BCUT2D eigenvalue weighted by Gasteiger charge is -2.08. The lowest BCUT2D eigenvalue weighted by molar-refractivity contribution is -0.139. The Balaban J connectivity index is 3.51. The third-order valence-electron chi connectivity index (χ3n) is 1.47. The molecular weight excluding hydrogens is 198 g/mol. The number of amides is 2. The first-order chi connectivity index (χ1) is 7.07. The molecule has 6 heteroatoms. The first-order valence-corrected chi connectivity index (χ1v) is 4.95. The van der Waals surface area contributed by atoms with Gasteiger partial charge in [0.2, 0.25) is 0 Å². The first kappa shape index (κ1) is 13.9. The summed E-state index contributed by atoms with van der Waals surface area (Å²) in [5.74, 6) is -1.32. The Kier molecular flexibility index (Phi) is 7.57. The summed E-state index contributed by atoms with van der Waals surface area (Å²) in [5.41, 5.74) is 5.17. The Labute approximate surface area is 89.5 Å². The van der Waals surface area contributed by atoms with Crippen molar-refractivity contribution in [3.8, 4) is 0 Å². The molecule has 0 aliphatic carbocycles. The summed E-state index contributed by atoms with van der Waals surface area (Å²) >= 11 is 0. The Bertz CT molecular complexity index is 207. The lowest BCUT2D eigenvalue weighted by atomic mass is 10.4. The second-order valence-electron chi connectivity index (χ2n) is 3.22. The van der Waals surface area contributed by atoms with Crippen LogP contribution in [-0.2, 0) is 14.3 Å². The molecular formula is C9H19N3O3. The van der Waals surface area contributed by atoms with Crippen LogP contribution in [0.1, 0.15) is 13.8 Å². The zero-order valence-corrected chi connectivity index (χ0v) is 9.21. The fourth-order valence-corrected chi connectivity index (χ4v) is 0.805. The van der Waals surface area contributed by atoms with E-state index in [9.17, 15) is 9.59 Å². The van der Waals surface area contributed by atoms with Crippen LogP contribution in [-0.4, -0.2) is 44.2 Å². The number of hydrogen-bond donors (Lipinski definition) is 3. The van der Waals surface area contributed by atoms with Crippen molar-refractivity contribution in [1.82, 2.24) is 10.6 Å². The number of carbonyl (C=O) groups is 2. The molecule has 6 nitrogen and oxygen atoms in total. The Hall–Kier alpha value is -1.14. The maximum Gasteiger partial charge on any atom is 0.309 e. The minimum absolute atomic E-state index is 0.118. The number of nitrogens with one attached hydrogen (secondary N) is 2. The SMILES string of the molecule is CC(C)OCCNC(=O)C(=O)NCCN. The van der Waals surface area contributed by atoms with Gasteiger partial charge >= 0.3 is 11.8 Å². The highest BCUT2D eigenvalue weighted by Crippen LogP contribution is 1.84. The van der Waals surface area contributed by atoms with E-state index >= 15 is 0 Å². The van der Waals surface area contributed by atoms with E-state index < -0.39 is 11.8 Å². The number of carbonyl (C=O) groups excluding carboxylic acids is 2. The molecule has 0 radical (unpaired) electrons. The van der Waals surface area contributed by atoms with E-state index in [-0.39, 0.29) is 6.10 Å². The summed E-state index contributed by atoms with van der Waals surface area (Å²) < 4.78 is 5.19. The minimum Gasteiger partial charge on any atom is -0.377 e. The van der Waals surface area contributed by atoms with E-state index in [1.807, 2.05) is 13.8 Å². The van der Waals surface area contributed by atoms with Crippen LogP contribution in [0.4, 0.5) is 0 Å². The van der Waals surface area contributed by atoms with Crippen LogP contribution >= 0.6 is 0 Å². The normalized spacial score (nSPS) is 10.1. The van der Waals surface area contributed by atoms with E-state index in [2.05, 4.69) is 10.6 Å². The second kappa shape index (κ2) is 8.19. The van der Waals surface area contributed by atoms with Gasteiger partial charge < -0.3 is 21.1 Å². The molecule has 0 unspecified atom stereocenters. The van der Waals surface area contributed by atoms with E-state index in [1.54, 1.807) is 0 Å². The summed E-state index contributed by atoms with van der Waals surface area (Å²) in [6, 6.07) is 0. The van der Waals surface area contributed by atoms with Gasteiger partial charge in [0.25, 0.3) is 0 Å². The summed E-state index contributed by atoms with van der Waals surface area (Å²) in [5, 5.41) is 4.79. The average Bonchev–Trinajstić information content (AvgIpc) is 2.20. The maximum atomic E-state index is 11.1. The van der Waals surface area contributed by atoms with Gasteiger partial charge in [-0.1, -0.05) is 0 Å². The smallest absolute Gasteiger partial charge is 0.309 e. The number of nitrogens with two attached hydrogens (primary N) is 1. The van der Waals surface area contributed by atoms with Crippen LogP contribution in [0, 0.1) is 0 Å². The van der Waals surface area contributed by atoms with E-state index in [4.69, 9.17) is 10.5 Å². The molecule has 4 N–H and O–H groups in total. The van der Waals surface area contributed by atoms with Crippen LogP contribution < -0.4 is 16.4 Å². The van der Waals surface area contributed by atoms with Gasteiger partial charge in [0, 0.05) is 19.6 Å². The Morgan fingerprint density at radius 1 is 1.20 bits per heavy atom. The molecule has 0 fully saturated rings. The molecule has 88 valence electrons. The Morgan fingerprint density at radius 3 is 2.20 bits per heavy atom. The van der Waals surface area contributed by atoms with Crippen LogP contribution in [0.2, 0.25) is 0 Å². The molecule has 0 spiro atoms. The largest absolute Gasteiger partial charge is 0.377 e. The summed E-state index contributed by atoms with van der Waals surface area (Å²) in [7, 11) is 0. The zero-order chi connectivity index (χ0) is 11.7. The standard InChI is InChI=1S/C9H19N3O3/c1-7(2)15-6-5-12-9(14)8(13)11-4-3-10/h7H,3-6,10H2,1-2H3,(H,11,13)(H,12,14).